The van der Waals surface area contributed by atoms with Gasteiger partial charge >= 0.3 is 0 Å². The number of carbonyl (C=O) groups is 1. The molecular formula is C13H19ClN2O2. The molecule has 100 valence electrons. The molecule has 1 unspecified atom stereocenters. The quantitative estimate of drug-likeness (QED) is 0.888. The molecule has 0 heterocycles. The molecule has 0 aliphatic carbocycles. The summed E-state index contributed by atoms with van der Waals surface area (Å²) in [5.74, 6) is 0.541. The van der Waals surface area contributed by atoms with E-state index >= 15 is 0 Å². The van der Waals surface area contributed by atoms with Gasteiger partial charge in [0.1, 0.15) is 5.75 Å². The molecule has 18 heavy (non-hydrogen) atoms. The molecule has 1 aromatic carbocycles. The van der Waals surface area contributed by atoms with Crippen LogP contribution in [0.2, 0.25) is 5.02 Å². The molecule has 4 nitrogen and oxygen atoms in total. The smallest absolute Gasteiger partial charge is 0.260 e. The topological polar surface area (TPSA) is 55.6 Å². The van der Waals surface area contributed by atoms with Crippen LogP contribution in [-0.2, 0) is 4.79 Å². The van der Waals surface area contributed by atoms with Gasteiger partial charge in [-0.3, -0.25) is 4.79 Å². The predicted molar refractivity (Wildman–Crippen MR) is 73.0 cm³/mol. The fourth-order valence-electron chi connectivity index (χ4n) is 1.36. The molecule has 0 fully saturated rings. The number of carbonyl (C=O) groups excluding carboxylic acids is 1. The first-order valence-corrected chi connectivity index (χ1v) is 6.18. The lowest BCUT2D eigenvalue weighted by molar-refractivity contribution is -0.133. The summed E-state index contributed by atoms with van der Waals surface area (Å²) in [6.45, 7) is 4.22. The second-order valence-corrected chi connectivity index (χ2v) is 4.70. The fourth-order valence-corrected chi connectivity index (χ4v) is 1.48. The number of hydrogen-bond donors (Lipinski definition) is 1. The summed E-state index contributed by atoms with van der Waals surface area (Å²) in [5, 5.41) is 0.683. The Labute approximate surface area is 113 Å². The summed E-state index contributed by atoms with van der Waals surface area (Å²) in [6, 6.07) is 5.31. The first-order valence-electron chi connectivity index (χ1n) is 5.80. The van der Waals surface area contributed by atoms with Gasteiger partial charge in [-0.1, -0.05) is 11.6 Å². The van der Waals surface area contributed by atoms with E-state index in [1.165, 1.54) is 0 Å². The lowest BCUT2D eigenvalue weighted by Gasteiger charge is -2.23. The SMILES string of the molecule is Cc1cc(OCC(=O)N(C)C(C)CN)ccc1Cl. The van der Waals surface area contributed by atoms with Crippen molar-refractivity contribution in [2.75, 3.05) is 20.2 Å². The third kappa shape index (κ3) is 3.89. The Bertz CT molecular complexity index is 423. The summed E-state index contributed by atoms with van der Waals surface area (Å²) in [6.07, 6.45) is 0. The minimum absolute atomic E-state index is 0.00190. The maximum absolute atomic E-state index is 11.8. The van der Waals surface area contributed by atoms with Crippen molar-refractivity contribution in [2.24, 2.45) is 5.73 Å². The number of hydrogen-bond acceptors (Lipinski definition) is 3. The van der Waals surface area contributed by atoms with Gasteiger partial charge in [-0.15, -0.1) is 0 Å². The number of nitrogens with zero attached hydrogens (tertiary/aromatic N) is 1. The largest absolute Gasteiger partial charge is 0.484 e. The Morgan fingerprint density at radius 1 is 1.56 bits per heavy atom. The molecule has 0 saturated heterocycles. The Morgan fingerprint density at radius 3 is 2.78 bits per heavy atom. The Balaban J connectivity index is 2.54. The second-order valence-electron chi connectivity index (χ2n) is 4.29. The van der Waals surface area contributed by atoms with Crippen LogP contribution in [0.25, 0.3) is 0 Å². The van der Waals surface area contributed by atoms with E-state index in [-0.39, 0.29) is 18.6 Å². The van der Waals surface area contributed by atoms with Crippen molar-refractivity contribution >= 4 is 17.5 Å². The van der Waals surface area contributed by atoms with Crippen LogP contribution in [0.3, 0.4) is 0 Å². The number of nitrogens with two attached hydrogens (primary N) is 1. The van der Waals surface area contributed by atoms with E-state index in [4.69, 9.17) is 22.1 Å². The summed E-state index contributed by atoms with van der Waals surface area (Å²) in [4.78, 5) is 13.4. The highest BCUT2D eigenvalue weighted by atomic mass is 35.5. The van der Waals surface area contributed by atoms with Crippen molar-refractivity contribution in [1.82, 2.24) is 4.90 Å². The molecule has 0 bridgehead atoms. The average molecular weight is 271 g/mol. The first-order chi connectivity index (χ1) is 8.45. The summed E-state index contributed by atoms with van der Waals surface area (Å²) in [7, 11) is 1.72. The number of halogens is 1. The van der Waals surface area contributed by atoms with Gasteiger partial charge in [0.25, 0.3) is 5.91 Å². The molecule has 0 radical (unpaired) electrons. The molecule has 0 spiro atoms. The number of rotatable bonds is 5. The number of amides is 1. The summed E-state index contributed by atoms with van der Waals surface area (Å²) in [5.41, 5.74) is 6.43. The maximum atomic E-state index is 11.8. The number of aryl methyl sites for hydroxylation is 1. The zero-order chi connectivity index (χ0) is 13.7. The molecule has 5 heteroatoms. The Kier molecular flexibility index (Phi) is 5.44. The van der Waals surface area contributed by atoms with Gasteiger partial charge in [0, 0.05) is 24.7 Å². The molecule has 0 aromatic heterocycles. The van der Waals surface area contributed by atoms with Crippen LogP contribution in [-0.4, -0.2) is 37.0 Å². The van der Waals surface area contributed by atoms with Gasteiger partial charge < -0.3 is 15.4 Å². The highest BCUT2D eigenvalue weighted by Crippen LogP contribution is 2.20. The molecule has 1 aromatic rings. The molecule has 2 N–H and O–H groups in total. The standard InChI is InChI=1S/C13H19ClN2O2/c1-9-6-11(4-5-12(9)14)18-8-13(17)16(3)10(2)7-15/h4-6,10H,7-8,15H2,1-3H3. The van der Waals surface area contributed by atoms with E-state index in [1.54, 1.807) is 24.1 Å². The molecule has 1 rings (SSSR count). The van der Waals surface area contributed by atoms with Gasteiger partial charge in [-0.25, -0.2) is 0 Å². The number of likely N-dealkylation sites (N-methyl/N-ethyl adjacent to an activating group) is 1. The highest BCUT2D eigenvalue weighted by Gasteiger charge is 2.14. The van der Waals surface area contributed by atoms with Gasteiger partial charge in [0.05, 0.1) is 0 Å². The van der Waals surface area contributed by atoms with Crippen LogP contribution >= 0.6 is 11.6 Å². The molecule has 0 saturated carbocycles. The van der Waals surface area contributed by atoms with E-state index in [2.05, 4.69) is 0 Å². The van der Waals surface area contributed by atoms with Crippen molar-refractivity contribution in [3.63, 3.8) is 0 Å². The van der Waals surface area contributed by atoms with Crippen molar-refractivity contribution in [3.8, 4) is 5.75 Å². The van der Waals surface area contributed by atoms with Gasteiger partial charge in [-0.2, -0.15) is 0 Å². The number of benzene rings is 1. The van der Waals surface area contributed by atoms with Crippen LogP contribution in [0, 0.1) is 6.92 Å². The van der Waals surface area contributed by atoms with Gasteiger partial charge in [-0.05, 0) is 37.6 Å². The Hall–Kier alpha value is -1.26. The third-order valence-electron chi connectivity index (χ3n) is 2.89. The minimum atomic E-state index is -0.0967. The normalized spacial score (nSPS) is 12.1. The van der Waals surface area contributed by atoms with E-state index in [9.17, 15) is 4.79 Å². The van der Waals surface area contributed by atoms with Crippen LogP contribution < -0.4 is 10.5 Å². The van der Waals surface area contributed by atoms with Crippen LogP contribution in [0.1, 0.15) is 12.5 Å². The lowest BCUT2D eigenvalue weighted by atomic mass is 10.2. The Morgan fingerprint density at radius 2 is 2.22 bits per heavy atom. The predicted octanol–water partition coefficient (Wildman–Crippen LogP) is 1.83. The average Bonchev–Trinajstić information content (AvgIpc) is 2.37. The van der Waals surface area contributed by atoms with E-state index in [1.807, 2.05) is 19.9 Å². The molecule has 1 atom stereocenters. The first kappa shape index (κ1) is 14.8. The van der Waals surface area contributed by atoms with Crippen LogP contribution in [0.4, 0.5) is 0 Å². The van der Waals surface area contributed by atoms with Crippen molar-refractivity contribution < 1.29 is 9.53 Å². The molecule has 1 amide bonds. The number of ether oxygens (including phenoxy) is 1. The minimum Gasteiger partial charge on any atom is -0.484 e. The molecular weight excluding hydrogens is 252 g/mol. The third-order valence-corrected chi connectivity index (χ3v) is 3.31. The van der Waals surface area contributed by atoms with Gasteiger partial charge in [0.15, 0.2) is 6.61 Å². The van der Waals surface area contributed by atoms with Crippen LogP contribution in [0.15, 0.2) is 18.2 Å². The molecule has 0 aliphatic heterocycles. The summed E-state index contributed by atoms with van der Waals surface area (Å²) >= 11 is 5.91. The highest BCUT2D eigenvalue weighted by molar-refractivity contribution is 6.31. The zero-order valence-electron chi connectivity index (χ0n) is 10.9. The van der Waals surface area contributed by atoms with E-state index < -0.39 is 0 Å². The summed E-state index contributed by atoms with van der Waals surface area (Å²) < 4.78 is 5.43. The van der Waals surface area contributed by atoms with Crippen molar-refractivity contribution in [1.29, 1.82) is 0 Å². The fraction of sp³-hybridized carbons (Fsp3) is 0.462. The van der Waals surface area contributed by atoms with Crippen molar-refractivity contribution in [2.45, 2.75) is 19.9 Å². The second kappa shape index (κ2) is 6.61. The monoisotopic (exact) mass is 270 g/mol. The van der Waals surface area contributed by atoms with E-state index in [0.717, 1.165) is 5.56 Å². The van der Waals surface area contributed by atoms with Gasteiger partial charge in [0.2, 0.25) is 0 Å². The zero-order valence-corrected chi connectivity index (χ0v) is 11.7. The van der Waals surface area contributed by atoms with Crippen molar-refractivity contribution in [3.05, 3.63) is 28.8 Å². The molecule has 0 aliphatic rings. The lowest BCUT2D eigenvalue weighted by Crippen LogP contribution is -2.42. The van der Waals surface area contributed by atoms with E-state index in [0.29, 0.717) is 17.3 Å². The van der Waals surface area contributed by atoms with Crippen LogP contribution in [0.5, 0.6) is 5.75 Å². The maximum Gasteiger partial charge on any atom is 0.260 e.